The fourth-order valence-electron chi connectivity index (χ4n) is 4.27. The summed E-state index contributed by atoms with van der Waals surface area (Å²) < 4.78 is 19.2. The van der Waals surface area contributed by atoms with Crippen molar-refractivity contribution >= 4 is 17.5 Å². The van der Waals surface area contributed by atoms with Crippen LogP contribution in [0.15, 0.2) is 48.5 Å². The van der Waals surface area contributed by atoms with Crippen LogP contribution in [0.3, 0.4) is 0 Å². The first-order chi connectivity index (χ1) is 14.6. The number of para-hydroxylation sites is 1. The molecule has 0 bridgehead atoms. The van der Waals surface area contributed by atoms with E-state index in [-0.39, 0.29) is 23.3 Å². The zero-order chi connectivity index (χ0) is 22.6. The Balaban J connectivity index is 1.60. The van der Waals surface area contributed by atoms with E-state index in [1.165, 1.54) is 12.1 Å². The van der Waals surface area contributed by atoms with Crippen LogP contribution in [-0.2, 0) is 11.2 Å². The summed E-state index contributed by atoms with van der Waals surface area (Å²) in [5.74, 6) is 0.142. The van der Waals surface area contributed by atoms with Gasteiger partial charge in [0.1, 0.15) is 11.6 Å². The predicted molar refractivity (Wildman–Crippen MR) is 123 cm³/mol. The van der Waals surface area contributed by atoms with Crippen LogP contribution in [0.1, 0.15) is 45.1 Å². The number of nitrogens with one attached hydrogen (secondary N) is 1. The van der Waals surface area contributed by atoms with E-state index in [0.29, 0.717) is 10.8 Å². The normalized spacial score (nSPS) is 21.7. The smallest absolute Gasteiger partial charge is 0.263 e. The predicted octanol–water partition coefficient (Wildman–Crippen LogP) is 5.24. The van der Waals surface area contributed by atoms with Crippen molar-refractivity contribution in [3.63, 3.8) is 0 Å². The Hall–Kier alpha value is -2.11. The number of carbonyl (C=O) groups is 1. The third kappa shape index (κ3) is 5.78. The molecule has 0 aliphatic heterocycles. The van der Waals surface area contributed by atoms with E-state index in [1.807, 2.05) is 24.3 Å². The molecule has 4 nitrogen and oxygen atoms in total. The minimum atomic E-state index is -1.03. The summed E-state index contributed by atoms with van der Waals surface area (Å²) in [4.78, 5) is 15.2. The lowest BCUT2D eigenvalue weighted by atomic mass is 9.74. The molecule has 0 atom stereocenters. The van der Waals surface area contributed by atoms with Crippen molar-refractivity contribution in [2.45, 2.75) is 63.1 Å². The van der Waals surface area contributed by atoms with E-state index in [2.05, 4.69) is 24.3 Å². The number of carbonyl (C=O) groups excluding carboxylic acids is 1. The van der Waals surface area contributed by atoms with Gasteiger partial charge in [-0.2, -0.15) is 0 Å². The Morgan fingerprint density at radius 1 is 1.16 bits per heavy atom. The summed E-state index contributed by atoms with van der Waals surface area (Å²) in [6.45, 7) is 3.51. The highest BCUT2D eigenvalue weighted by atomic mass is 35.5. The van der Waals surface area contributed by atoms with Gasteiger partial charge < -0.3 is 15.0 Å². The number of halogens is 2. The molecule has 168 valence electrons. The van der Waals surface area contributed by atoms with Gasteiger partial charge in [0.15, 0.2) is 5.60 Å². The van der Waals surface area contributed by atoms with Crippen molar-refractivity contribution in [2.24, 2.45) is 0 Å². The minimum absolute atomic E-state index is 0.00262. The van der Waals surface area contributed by atoms with E-state index in [0.717, 1.165) is 37.7 Å². The van der Waals surface area contributed by atoms with Crippen molar-refractivity contribution in [3.8, 4) is 5.75 Å². The molecule has 0 radical (unpaired) electrons. The zero-order valence-electron chi connectivity index (χ0n) is 18.8. The summed E-state index contributed by atoms with van der Waals surface area (Å²) in [5, 5.41) is 3.66. The Bertz CT molecular complexity index is 891. The van der Waals surface area contributed by atoms with Crippen LogP contribution in [0, 0.1) is 5.82 Å². The lowest BCUT2D eigenvalue weighted by Gasteiger charge is -2.46. The molecule has 6 heteroatoms. The van der Waals surface area contributed by atoms with Gasteiger partial charge in [0.25, 0.3) is 5.91 Å². The van der Waals surface area contributed by atoms with Crippen LogP contribution in [0.25, 0.3) is 0 Å². The molecule has 1 amide bonds. The second-order valence-electron chi connectivity index (χ2n) is 9.21. The third-order valence-electron chi connectivity index (χ3n) is 6.40. The van der Waals surface area contributed by atoms with Gasteiger partial charge in [-0.25, -0.2) is 4.39 Å². The summed E-state index contributed by atoms with van der Waals surface area (Å²) in [5.41, 5.74) is 0.101. The number of ether oxygens (including phenoxy) is 1. The molecule has 2 aromatic rings. The van der Waals surface area contributed by atoms with Gasteiger partial charge >= 0.3 is 0 Å². The highest BCUT2D eigenvalue weighted by Crippen LogP contribution is 2.36. The average molecular weight is 447 g/mol. The maximum atomic E-state index is 13.3. The molecular formula is C25H32ClFN2O2. The Kier molecular flexibility index (Phi) is 7.28. The first-order valence-corrected chi connectivity index (χ1v) is 11.2. The highest BCUT2D eigenvalue weighted by Gasteiger charge is 2.39. The maximum Gasteiger partial charge on any atom is 0.263 e. The molecule has 1 aliphatic rings. The van der Waals surface area contributed by atoms with Gasteiger partial charge in [-0.3, -0.25) is 4.79 Å². The minimum Gasteiger partial charge on any atom is -0.476 e. The summed E-state index contributed by atoms with van der Waals surface area (Å²) in [7, 11) is 4.20. The summed E-state index contributed by atoms with van der Waals surface area (Å²) in [6, 6.07) is 14.0. The quantitative estimate of drug-likeness (QED) is 0.632. The van der Waals surface area contributed by atoms with Gasteiger partial charge in [-0.05, 0) is 89.9 Å². The standard InChI is InChI=1S/C25H32ClFN2O2/c1-24(2,31-22-8-6-5-7-21(22)26)23(30)28-20-13-15-25(16-14-20,29(3)4)17-18-9-11-19(27)12-10-18/h5-12,20H,13-17H2,1-4H3,(H,28,30). The van der Waals surface area contributed by atoms with Crippen LogP contribution < -0.4 is 10.1 Å². The van der Waals surface area contributed by atoms with Crippen molar-refractivity contribution in [1.29, 1.82) is 0 Å². The van der Waals surface area contributed by atoms with Gasteiger partial charge in [-0.1, -0.05) is 35.9 Å². The van der Waals surface area contributed by atoms with E-state index in [4.69, 9.17) is 16.3 Å². The molecule has 0 unspecified atom stereocenters. The number of likely N-dealkylation sites (N-methyl/N-ethyl adjacent to an activating group) is 1. The number of hydrogen-bond acceptors (Lipinski definition) is 3. The second kappa shape index (κ2) is 9.58. The van der Waals surface area contributed by atoms with Crippen molar-refractivity contribution in [2.75, 3.05) is 14.1 Å². The maximum absolute atomic E-state index is 13.3. The first-order valence-electron chi connectivity index (χ1n) is 10.8. The zero-order valence-corrected chi connectivity index (χ0v) is 19.5. The SMILES string of the molecule is CN(C)C1(Cc2ccc(F)cc2)CCC(NC(=O)C(C)(C)Oc2ccccc2Cl)CC1. The van der Waals surface area contributed by atoms with Crippen molar-refractivity contribution in [1.82, 2.24) is 10.2 Å². The fourth-order valence-corrected chi connectivity index (χ4v) is 4.45. The monoisotopic (exact) mass is 446 g/mol. The number of nitrogens with zero attached hydrogens (tertiary/aromatic N) is 1. The topological polar surface area (TPSA) is 41.6 Å². The Morgan fingerprint density at radius 3 is 2.35 bits per heavy atom. The Morgan fingerprint density at radius 2 is 1.77 bits per heavy atom. The molecule has 1 aliphatic carbocycles. The van der Waals surface area contributed by atoms with E-state index >= 15 is 0 Å². The van der Waals surface area contributed by atoms with Gasteiger partial charge in [-0.15, -0.1) is 0 Å². The average Bonchev–Trinajstić information content (AvgIpc) is 2.72. The lowest BCUT2D eigenvalue weighted by molar-refractivity contribution is -0.135. The van der Waals surface area contributed by atoms with Gasteiger partial charge in [0.05, 0.1) is 5.02 Å². The first kappa shape index (κ1) is 23.6. The number of rotatable bonds is 7. The summed E-state index contributed by atoms with van der Waals surface area (Å²) >= 11 is 6.18. The Labute approximate surface area is 189 Å². The molecule has 1 fully saturated rings. The molecule has 1 N–H and O–H groups in total. The molecule has 0 heterocycles. The van der Waals surface area contributed by atoms with Crippen LogP contribution >= 0.6 is 11.6 Å². The van der Waals surface area contributed by atoms with E-state index in [1.54, 1.807) is 26.0 Å². The summed E-state index contributed by atoms with van der Waals surface area (Å²) in [6.07, 6.45) is 4.53. The molecule has 0 aromatic heterocycles. The van der Waals surface area contributed by atoms with Crippen molar-refractivity contribution < 1.29 is 13.9 Å². The van der Waals surface area contributed by atoms with E-state index in [9.17, 15) is 9.18 Å². The van der Waals surface area contributed by atoms with Crippen LogP contribution in [-0.4, -0.2) is 42.1 Å². The molecule has 31 heavy (non-hydrogen) atoms. The second-order valence-corrected chi connectivity index (χ2v) is 9.62. The fraction of sp³-hybridized carbons (Fsp3) is 0.480. The van der Waals surface area contributed by atoms with Gasteiger partial charge in [0.2, 0.25) is 0 Å². The number of benzene rings is 2. The third-order valence-corrected chi connectivity index (χ3v) is 6.71. The van der Waals surface area contributed by atoms with Crippen LogP contribution in [0.4, 0.5) is 4.39 Å². The molecule has 0 saturated heterocycles. The van der Waals surface area contributed by atoms with E-state index < -0.39 is 5.60 Å². The lowest BCUT2D eigenvalue weighted by Crippen LogP contribution is -2.55. The molecule has 1 saturated carbocycles. The van der Waals surface area contributed by atoms with Gasteiger partial charge in [0, 0.05) is 11.6 Å². The molecule has 2 aromatic carbocycles. The van der Waals surface area contributed by atoms with Crippen LogP contribution in [0.2, 0.25) is 5.02 Å². The van der Waals surface area contributed by atoms with Crippen molar-refractivity contribution in [3.05, 3.63) is 64.9 Å². The number of hydrogen-bond donors (Lipinski definition) is 1. The largest absolute Gasteiger partial charge is 0.476 e. The highest BCUT2D eigenvalue weighted by molar-refractivity contribution is 6.32. The molecular weight excluding hydrogens is 415 g/mol. The molecule has 0 spiro atoms. The number of amides is 1. The van der Waals surface area contributed by atoms with Crippen LogP contribution in [0.5, 0.6) is 5.75 Å². The molecule has 3 rings (SSSR count).